The molecule has 1 heterocycles. The van der Waals surface area contributed by atoms with E-state index in [0.717, 1.165) is 23.3 Å². The van der Waals surface area contributed by atoms with E-state index in [-0.39, 0.29) is 24.2 Å². The van der Waals surface area contributed by atoms with Crippen LogP contribution in [0.15, 0.2) is 36.4 Å². The van der Waals surface area contributed by atoms with E-state index in [2.05, 4.69) is 5.32 Å². The van der Waals surface area contributed by atoms with Gasteiger partial charge in [-0.3, -0.25) is 4.79 Å². The molecule has 0 aromatic heterocycles. The summed E-state index contributed by atoms with van der Waals surface area (Å²) < 4.78 is 24.3. The number of amides is 1. The monoisotopic (exact) mass is 329 g/mol. The molecule has 1 atom stereocenters. The average Bonchev–Trinajstić information content (AvgIpc) is 2.89. The molecule has 5 heteroatoms. The summed E-state index contributed by atoms with van der Waals surface area (Å²) in [6.45, 7) is 4.42. The van der Waals surface area contributed by atoms with E-state index in [1.807, 2.05) is 26.0 Å². The zero-order chi connectivity index (χ0) is 17.1. The summed E-state index contributed by atoms with van der Waals surface area (Å²) in [4.78, 5) is 12.3. The number of ether oxygens (including phenoxy) is 2. The number of hydrogen-bond acceptors (Lipinski definition) is 3. The van der Waals surface area contributed by atoms with Gasteiger partial charge in [0.1, 0.15) is 23.4 Å². The number of nitrogens with one attached hydrogen (secondary N) is 1. The van der Waals surface area contributed by atoms with Gasteiger partial charge in [0, 0.05) is 18.1 Å². The molecule has 0 saturated carbocycles. The summed E-state index contributed by atoms with van der Waals surface area (Å²) in [6, 6.07) is 9.64. The Bertz CT molecular complexity index is 743. The fourth-order valence-electron chi connectivity index (χ4n) is 2.79. The van der Waals surface area contributed by atoms with Crippen LogP contribution in [-0.4, -0.2) is 18.6 Å². The summed E-state index contributed by atoms with van der Waals surface area (Å²) in [7, 11) is 0. The maximum Gasteiger partial charge on any atom is 0.228 e. The predicted octanol–water partition coefficient (Wildman–Crippen LogP) is 3.73. The molecule has 0 saturated heterocycles. The molecule has 4 nitrogen and oxygen atoms in total. The molecule has 1 amide bonds. The van der Waals surface area contributed by atoms with E-state index in [1.54, 1.807) is 12.1 Å². The third-order valence-electron chi connectivity index (χ3n) is 3.85. The van der Waals surface area contributed by atoms with Crippen molar-refractivity contribution in [3.05, 3.63) is 53.3 Å². The van der Waals surface area contributed by atoms with E-state index in [0.29, 0.717) is 18.0 Å². The van der Waals surface area contributed by atoms with Crippen LogP contribution in [0.25, 0.3) is 0 Å². The molecule has 2 aromatic carbocycles. The summed E-state index contributed by atoms with van der Waals surface area (Å²) in [5.41, 5.74) is 2.43. The lowest BCUT2D eigenvalue weighted by Gasteiger charge is -2.13. The number of hydrogen-bond donors (Lipinski definition) is 1. The van der Waals surface area contributed by atoms with Gasteiger partial charge in [-0.05, 0) is 37.6 Å². The summed E-state index contributed by atoms with van der Waals surface area (Å²) in [5.74, 6) is 0.917. The molecule has 126 valence electrons. The standard InChI is InChI=1S/C19H20FNO3/c1-3-23-18-10-14-8-12(2)24-17(14)11-16(18)21-19(22)9-13-4-6-15(20)7-5-13/h4-7,10-12H,3,8-9H2,1-2H3,(H,21,22). The van der Waals surface area contributed by atoms with Gasteiger partial charge >= 0.3 is 0 Å². The molecular weight excluding hydrogens is 309 g/mol. The van der Waals surface area contributed by atoms with Gasteiger partial charge in [0.2, 0.25) is 5.91 Å². The first-order valence-electron chi connectivity index (χ1n) is 8.06. The minimum atomic E-state index is -0.317. The Morgan fingerprint density at radius 3 is 2.79 bits per heavy atom. The molecule has 0 bridgehead atoms. The average molecular weight is 329 g/mol. The first-order chi connectivity index (χ1) is 11.5. The number of carbonyl (C=O) groups excluding carboxylic acids is 1. The van der Waals surface area contributed by atoms with Crippen molar-refractivity contribution in [2.45, 2.75) is 32.8 Å². The Labute approximate surface area is 140 Å². The van der Waals surface area contributed by atoms with Crippen molar-refractivity contribution < 1.29 is 18.7 Å². The van der Waals surface area contributed by atoms with Crippen LogP contribution in [-0.2, 0) is 17.6 Å². The molecule has 0 fully saturated rings. The van der Waals surface area contributed by atoms with Crippen molar-refractivity contribution in [3.63, 3.8) is 0 Å². The number of fused-ring (bicyclic) bond motifs is 1. The molecule has 0 radical (unpaired) electrons. The molecule has 24 heavy (non-hydrogen) atoms. The topological polar surface area (TPSA) is 47.6 Å². The van der Waals surface area contributed by atoms with Gasteiger partial charge in [-0.1, -0.05) is 12.1 Å². The molecule has 3 rings (SSSR count). The second-order valence-corrected chi connectivity index (χ2v) is 5.87. The fraction of sp³-hybridized carbons (Fsp3) is 0.316. The van der Waals surface area contributed by atoms with Crippen LogP contribution in [0.5, 0.6) is 11.5 Å². The first kappa shape index (κ1) is 16.3. The number of carbonyl (C=O) groups is 1. The lowest BCUT2D eigenvalue weighted by molar-refractivity contribution is -0.115. The molecule has 1 unspecified atom stereocenters. The lowest BCUT2D eigenvalue weighted by atomic mass is 10.1. The fourth-order valence-corrected chi connectivity index (χ4v) is 2.79. The minimum Gasteiger partial charge on any atom is -0.492 e. The van der Waals surface area contributed by atoms with Crippen molar-refractivity contribution in [1.82, 2.24) is 0 Å². The van der Waals surface area contributed by atoms with Crippen molar-refractivity contribution in [1.29, 1.82) is 0 Å². The summed E-state index contributed by atoms with van der Waals surface area (Å²) >= 11 is 0. The maximum absolute atomic E-state index is 12.9. The molecule has 1 aliphatic heterocycles. The van der Waals surface area contributed by atoms with Crippen LogP contribution in [0.1, 0.15) is 25.0 Å². The van der Waals surface area contributed by atoms with Gasteiger partial charge in [-0.2, -0.15) is 0 Å². The highest BCUT2D eigenvalue weighted by atomic mass is 19.1. The quantitative estimate of drug-likeness (QED) is 0.909. The zero-order valence-electron chi connectivity index (χ0n) is 13.8. The Morgan fingerprint density at radius 2 is 2.08 bits per heavy atom. The van der Waals surface area contributed by atoms with Crippen LogP contribution in [0.4, 0.5) is 10.1 Å². The molecular formula is C19H20FNO3. The van der Waals surface area contributed by atoms with Gasteiger partial charge < -0.3 is 14.8 Å². The van der Waals surface area contributed by atoms with Crippen LogP contribution in [0.3, 0.4) is 0 Å². The van der Waals surface area contributed by atoms with Crippen LogP contribution in [0.2, 0.25) is 0 Å². The predicted molar refractivity (Wildman–Crippen MR) is 90.1 cm³/mol. The SMILES string of the molecule is CCOc1cc2c(cc1NC(=O)Cc1ccc(F)cc1)OC(C)C2. The Balaban J connectivity index is 1.77. The third-order valence-corrected chi connectivity index (χ3v) is 3.85. The highest BCUT2D eigenvalue weighted by Crippen LogP contribution is 2.38. The third kappa shape index (κ3) is 3.67. The Morgan fingerprint density at radius 1 is 1.33 bits per heavy atom. The van der Waals surface area contributed by atoms with Crippen LogP contribution < -0.4 is 14.8 Å². The van der Waals surface area contributed by atoms with Gasteiger partial charge in [0.25, 0.3) is 0 Å². The highest BCUT2D eigenvalue weighted by Gasteiger charge is 2.22. The zero-order valence-corrected chi connectivity index (χ0v) is 13.8. The molecule has 0 aliphatic carbocycles. The number of benzene rings is 2. The Kier molecular flexibility index (Phi) is 4.69. The van der Waals surface area contributed by atoms with Crippen molar-refractivity contribution in [3.8, 4) is 11.5 Å². The van der Waals surface area contributed by atoms with Gasteiger partial charge in [0.15, 0.2) is 0 Å². The maximum atomic E-state index is 12.9. The number of anilines is 1. The van der Waals surface area contributed by atoms with Gasteiger partial charge in [-0.15, -0.1) is 0 Å². The van der Waals surface area contributed by atoms with Crippen molar-refractivity contribution >= 4 is 11.6 Å². The highest BCUT2D eigenvalue weighted by molar-refractivity contribution is 5.94. The summed E-state index contributed by atoms with van der Waals surface area (Å²) in [5, 5.41) is 2.87. The minimum absolute atomic E-state index is 0.125. The second-order valence-electron chi connectivity index (χ2n) is 5.87. The Hall–Kier alpha value is -2.56. The van der Waals surface area contributed by atoms with E-state index < -0.39 is 0 Å². The molecule has 0 spiro atoms. The first-order valence-corrected chi connectivity index (χ1v) is 8.06. The van der Waals surface area contributed by atoms with Crippen molar-refractivity contribution in [2.24, 2.45) is 0 Å². The number of halogens is 1. The number of rotatable bonds is 5. The second kappa shape index (κ2) is 6.91. The van der Waals surface area contributed by atoms with E-state index >= 15 is 0 Å². The lowest BCUT2D eigenvalue weighted by Crippen LogP contribution is -2.15. The normalized spacial score (nSPS) is 15.5. The molecule has 2 aromatic rings. The van der Waals surface area contributed by atoms with Gasteiger partial charge in [0.05, 0.1) is 18.7 Å². The largest absolute Gasteiger partial charge is 0.492 e. The van der Waals surface area contributed by atoms with Crippen LogP contribution >= 0.6 is 0 Å². The van der Waals surface area contributed by atoms with E-state index in [4.69, 9.17) is 9.47 Å². The van der Waals surface area contributed by atoms with Crippen molar-refractivity contribution in [2.75, 3.05) is 11.9 Å². The molecule has 1 aliphatic rings. The van der Waals surface area contributed by atoms with E-state index in [9.17, 15) is 9.18 Å². The smallest absolute Gasteiger partial charge is 0.228 e. The van der Waals surface area contributed by atoms with Crippen LogP contribution in [0, 0.1) is 5.82 Å². The summed E-state index contributed by atoms with van der Waals surface area (Å²) in [6.07, 6.45) is 1.12. The van der Waals surface area contributed by atoms with E-state index in [1.165, 1.54) is 12.1 Å². The van der Waals surface area contributed by atoms with Gasteiger partial charge in [-0.25, -0.2) is 4.39 Å². The molecule has 1 N–H and O–H groups in total.